The summed E-state index contributed by atoms with van der Waals surface area (Å²) in [6.45, 7) is 0. The Balaban J connectivity index is 1.86. The summed E-state index contributed by atoms with van der Waals surface area (Å²) in [6, 6.07) is 4.98. The molecule has 1 fully saturated rings. The van der Waals surface area contributed by atoms with Crippen molar-refractivity contribution in [3.8, 4) is 5.69 Å². The first-order valence-corrected chi connectivity index (χ1v) is 6.10. The zero-order chi connectivity index (χ0) is 14.3. The standard InChI is InChI=1S/C12H12F3N5/c13-12(14,15)7-1-5-9(6-2-7)20-10(16)18-11(19-20)17-8-3-4-8/h1-2,5-6,8H,3-4H2,(H3,16,17,18,19). The van der Waals surface area contributed by atoms with E-state index in [2.05, 4.69) is 15.4 Å². The van der Waals surface area contributed by atoms with Crippen molar-refractivity contribution in [1.82, 2.24) is 14.8 Å². The van der Waals surface area contributed by atoms with Crippen LogP contribution in [0.15, 0.2) is 24.3 Å². The molecule has 1 aromatic heterocycles. The minimum atomic E-state index is -4.36. The average Bonchev–Trinajstić information content (AvgIpc) is 3.11. The molecule has 1 heterocycles. The van der Waals surface area contributed by atoms with E-state index in [1.165, 1.54) is 16.8 Å². The molecule has 1 aliphatic carbocycles. The Morgan fingerprint density at radius 3 is 2.40 bits per heavy atom. The molecule has 3 N–H and O–H groups in total. The molecule has 1 aromatic carbocycles. The van der Waals surface area contributed by atoms with Gasteiger partial charge in [0.2, 0.25) is 11.9 Å². The number of alkyl halides is 3. The van der Waals surface area contributed by atoms with Gasteiger partial charge in [0.1, 0.15) is 0 Å². The van der Waals surface area contributed by atoms with E-state index >= 15 is 0 Å². The zero-order valence-electron chi connectivity index (χ0n) is 10.4. The number of anilines is 2. The van der Waals surface area contributed by atoms with Crippen LogP contribution < -0.4 is 11.1 Å². The van der Waals surface area contributed by atoms with E-state index in [9.17, 15) is 13.2 Å². The van der Waals surface area contributed by atoms with Crippen LogP contribution in [0.2, 0.25) is 0 Å². The minimum Gasteiger partial charge on any atom is -0.368 e. The first-order valence-electron chi connectivity index (χ1n) is 6.10. The third-order valence-corrected chi connectivity index (χ3v) is 2.98. The van der Waals surface area contributed by atoms with Crippen LogP contribution in [-0.2, 0) is 6.18 Å². The van der Waals surface area contributed by atoms with Gasteiger partial charge in [-0.05, 0) is 37.1 Å². The lowest BCUT2D eigenvalue weighted by Gasteiger charge is -2.07. The average molecular weight is 283 g/mol. The number of aromatic nitrogens is 3. The Labute approximate surface area is 112 Å². The van der Waals surface area contributed by atoms with Gasteiger partial charge < -0.3 is 11.1 Å². The Kier molecular flexibility index (Phi) is 2.81. The smallest absolute Gasteiger partial charge is 0.368 e. The summed E-state index contributed by atoms with van der Waals surface area (Å²) in [4.78, 5) is 4.03. The van der Waals surface area contributed by atoms with Crippen LogP contribution in [0.3, 0.4) is 0 Å². The van der Waals surface area contributed by atoms with Crippen molar-refractivity contribution in [2.24, 2.45) is 0 Å². The normalized spacial score (nSPS) is 15.3. The summed E-state index contributed by atoms with van der Waals surface area (Å²) in [6.07, 6.45) is -2.23. The van der Waals surface area contributed by atoms with Gasteiger partial charge in [0.25, 0.3) is 0 Å². The van der Waals surface area contributed by atoms with Crippen molar-refractivity contribution in [3.63, 3.8) is 0 Å². The van der Waals surface area contributed by atoms with Gasteiger partial charge in [-0.3, -0.25) is 0 Å². The Morgan fingerprint density at radius 1 is 1.20 bits per heavy atom. The second-order valence-corrected chi connectivity index (χ2v) is 4.67. The van der Waals surface area contributed by atoms with Crippen molar-refractivity contribution in [2.75, 3.05) is 11.1 Å². The van der Waals surface area contributed by atoms with Crippen molar-refractivity contribution >= 4 is 11.9 Å². The fourth-order valence-corrected chi connectivity index (χ4v) is 1.78. The second kappa shape index (κ2) is 4.39. The predicted octanol–water partition coefficient (Wildman–Crippen LogP) is 2.44. The molecule has 0 spiro atoms. The number of hydrogen-bond donors (Lipinski definition) is 2. The van der Waals surface area contributed by atoms with Crippen LogP contribution in [-0.4, -0.2) is 20.8 Å². The third-order valence-electron chi connectivity index (χ3n) is 2.98. The predicted molar refractivity (Wildman–Crippen MR) is 67.4 cm³/mol. The molecule has 1 saturated carbocycles. The number of nitrogen functional groups attached to an aromatic ring is 1. The van der Waals surface area contributed by atoms with Gasteiger partial charge in [0.15, 0.2) is 0 Å². The summed E-state index contributed by atoms with van der Waals surface area (Å²) >= 11 is 0. The number of nitrogens with zero attached hydrogens (tertiary/aromatic N) is 3. The maximum atomic E-state index is 12.5. The summed E-state index contributed by atoms with van der Waals surface area (Å²) in [5.41, 5.74) is 5.45. The highest BCUT2D eigenvalue weighted by Gasteiger charge is 2.30. The maximum Gasteiger partial charge on any atom is 0.416 e. The quantitative estimate of drug-likeness (QED) is 0.907. The van der Waals surface area contributed by atoms with Gasteiger partial charge in [0.05, 0.1) is 11.3 Å². The maximum absolute atomic E-state index is 12.5. The molecule has 3 rings (SSSR count). The molecule has 0 saturated heterocycles. The van der Waals surface area contributed by atoms with Crippen LogP contribution in [0.5, 0.6) is 0 Å². The second-order valence-electron chi connectivity index (χ2n) is 4.67. The highest BCUT2D eigenvalue weighted by atomic mass is 19.4. The first-order chi connectivity index (χ1) is 9.43. The van der Waals surface area contributed by atoms with Crippen molar-refractivity contribution in [3.05, 3.63) is 29.8 Å². The first kappa shape index (κ1) is 12.8. The Bertz CT molecular complexity index is 613. The molecule has 8 heteroatoms. The molecule has 0 bridgehead atoms. The van der Waals surface area contributed by atoms with E-state index in [1.807, 2.05) is 0 Å². The number of halogens is 3. The summed E-state index contributed by atoms with van der Waals surface area (Å²) in [5.74, 6) is 0.526. The van der Waals surface area contributed by atoms with Crippen LogP contribution in [0.1, 0.15) is 18.4 Å². The monoisotopic (exact) mass is 283 g/mol. The molecule has 0 aliphatic heterocycles. The number of nitrogens with one attached hydrogen (secondary N) is 1. The van der Waals surface area contributed by atoms with E-state index in [0.29, 0.717) is 17.7 Å². The Hall–Kier alpha value is -2.25. The molecule has 106 valence electrons. The molecule has 0 unspecified atom stereocenters. The largest absolute Gasteiger partial charge is 0.416 e. The summed E-state index contributed by atoms with van der Waals surface area (Å²) < 4.78 is 38.8. The lowest BCUT2D eigenvalue weighted by molar-refractivity contribution is -0.137. The van der Waals surface area contributed by atoms with Crippen LogP contribution in [0.25, 0.3) is 5.69 Å². The fourth-order valence-electron chi connectivity index (χ4n) is 1.78. The molecule has 20 heavy (non-hydrogen) atoms. The minimum absolute atomic E-state index is 0.132. The molecule has 1 aliphatic rings. The molecule has 0 radical (unpaired) electrons. The topological polar surface area (TPSA) is 68.8 Å². The van der Waals surface area contributed by atoms with Gasteiger partial charge in [-0.1, -0.05) is 0 Å². The molecular formula is C12H12F3N5. The lowest BCUT2D eigenvalue weighted by atomic mass is 10.2. The van der Waals surface area contributed by atoms with Crippen molar-refractivity contribution in [2.45, 2.75) is 25.1 Å². The lowest BCUT2D eigenvalue weighted by Crippen LogP contribution is -2.07. The molecule has 0 amide bonds. The van der Waals surface area contributed by atoms with Crippen LogP contribution in [0, 0.1) is 0 Å². The van der Waals surface area contributed by atoms with Gasteiger partial charge in [0, 0.05) is 6.04 Å². The molecule has 5 nitrogen and oxygen atoms in total. The van der Waals surface area contributed by atoms with Crippen LogP contribution in [0.4, 0.5) is 25.1 Å². The van der Waals surface area contributed by atoms with Crippen molar-refractivity contribution in [1.29, 1.82) is 0 Å². The number of benzene rings is 1. The molecule has 0 atom stereocenters. The van der Waals surface area contributed by atoms with E-state index in [0.717, 1.165) is 25.0 Å². The van der Waals surface area contributed by atoms with Crippen molar-refractivity contribution < 1.29 is 13.2 Å². The number of rotatable bonds is 3. The third kappa shape index (κ3) is 2.54. The van der Waals surface area contributed by atoms with Gasteiger partial charge in [-0.25, -0.2) is 0 Å². The van der Waals surface area contributed by atoms with E-state index in [-0.39, 0.29) is 5.95 Å². The highest BCUT2D eigenvalue weighted by Crippen LogP contribution is 2.30. The Morgan fingerprint density at radius 2 is 1.85 bits per heavy atom. The number of hydrogen-bond acceptors (Lipinski definition) is 4. The van der Waals surface area contributed by atoms with Gasteiger partial charge in [-0.2, -0.15) is 22.8 Å². The highest BCUT2D eigenvalue weighted by molar-refractivity contribution is 5.43. The van der Waals surface area contributed by atoms with Crippen LogP contribution >= 0.6 is 0 Å². The van der Waals surface area contributed by atoms with E-state index < -0.39 is 11.7 Å². The number of nitrogens with two attached hydrogens (primary N) is 1. The molecule has 2 aromatic rings. The summed E-state index contributed by atoms with van der Waals surface area (Å²) in [5, 5.41) is 7.22. The van der Waals surface area contributed by atoms with E-state index in [4.69, 9.17) is 5.73 Å². The SMILES string of the molecule is Nc1nc(NC2CC2)nn1-c1ccc(C(F)(F)F)cc1. The van der Waals surface area contributed by atoms with Gasteiger partial charge in [-0.15, -0.1) is 5.10 Å². The summed E-state index contributed by atoms with van der Waals surface area (Å²) in [7, 11) is 0. The molecular weight excluding hydrogens is 271 g/mol. The fraction of sp³-hybridized carbons (Fsp3) is 0.333. The van der Waals surface area contributed by atoms with Gasteiger partial charge >= 0.3 is 6.18 Å². The van der Waals surface area contributed by atoms with E-state index in [1.54, 1.807) is 0 Å². The zero-order valence-corrected chi connectivity index (χ0v) is 10.4.